The topological polar surface area (TPSA) is 35.2 Å². The monoisotopic (exact) mass is 233 g/mol. The van der Waals surface area contributed by atoms with Gasteiger partial charge in [0, 0.05) is 13.2 Å². The number of nitrogens with two attached hydrogens (primary N) is 1. The van der Waals surface area contributed by atoms with Crippen molar-refractivity contribution in [1.82, 2.24) is 0 Å². The molecule has 0 aromatic heterocycles. The summed E-state index contributed by atoms with van der Waals surface area (Å²) in [7, 11) is 0. The molecular weight excluding hydrogens is 210 g/mol. The molecule has 1 atom stereocenters. The third-order valence-corrected chi connectivity index (χ3v) is 3.82. The van der Waals surface area contributed by atoms with Crippen molar-refractivity contribution in [3.05, 3.63) is 35.9 Å². The van der Waals surface area contributed by atoms with Gasteiger partial charge in [0.25, 0.3) is 0 Å². The van der Waals surface area contributed by atoms with E-state index >= 15 is 0 Å². The summed E-state index contributed by atoms with van der Waals surface area (Å²) in [5.74, 6) is 1.38. The molecule has 1 aliphatic rings. The second-order valence-corrected chi connectivity index (χ2v) is 4.98. The van der Waals surface area contributed by atoms with Crippen LogP contribution >= 0.6 is 0 Å². The first-order valence-corrected chi connectivity index (χ1v) is 6.73. The van der Waals surface area contributed by atoms with Gasteiger partial charge in [0.2, 0.25) is 0 Å². The van der Waals surface area contributed by atoms with E-state index in [2.05, 4.69) is 30.3 Å². The number of ether oxygens (including phenoxy) is 1. The minimum absolute atomic E-state index is 0.527. The molecule has 1 aliphatic heterocycles. The Bertz CT molecular complexity index is 306. The van der Waals surface area contributed by atoms with Crippen LogP contribution < -0.4 is 5.73 Å². The summed E-state index contributed by atoms with van der Waals surface area (Å²) in [4.78, 5) is 0. The Kier molecular flexibility index (Phi) is 5.02. The van der Waals surface area contributed by atoms with Crippen molar-refractivity contribution in [2.24, 2.45) is 11.7 Å². The maximum Gasteiger partial charge on any atom is 0.0468 e. The Labute approximate surface area is 104 Å². The molecule has 0 aliphatic carbocycles. The summed E-state index contributed by atoms with van der Waals surface area (Å²) >= 11 is 0. The SMILES string of the molecule is NCC(CCC1CCOCC1)c1ccccc1. The van der Waals surface area contributed by atoms with Gasteiger partial charge in [-0.3, -0.25) is 0 Å². The first-order chi connectivity index (χ1) is 8.40. The molecule has 1 unspecified atom stereocenters. The van der Waals surface area contributed by atoms with Crippen molar-refractivity contribution in [3.8, 4) is 0 Å². The van der Waals surface area contributed by atoms with Crippen molar-refractivity contribution in [3.63, 3.8) is 0 Å². The highest BCUT2D eigenvalue weighted by molar-refractivity contribution is 5.19. The van der Waals surface area contributed by atoms with Crippen LogP contribution in [0.1, 0.15) is 37.2 Å². The van der Waals surface area contributed by atoms with Gasteiger partial charge in [0.1, 0.15) is 0 Å². The van der Waals surface area contributed by atoms with E-state index in [1.807, 2.05) is 0 Å². The van der Waals surface area contributed by atoms with Gasteiger partial charge in [-0.25, -0.2) is 0 Å². The number of rotatable bonds is 5. The van der Waals surface area contributed by atoms with Gasteiger partial charge in [0.05, 0.1) is 0 Å². The fourth-order valence-corrected chi connectivity index (χ4v) is 2.62. The van der Waals surface area contributed by atoms with Gasteiger partial charge in [-0.1, -0.05) is 30.3 Å². The lowest BCUT2D eigenvalue weighted by atomic mass is 9.87. The van der Waals surface area contributed by atoms with Crippen LogP contribution in [0.5, 0.6) is 0 Å². The summed E-state index contributed by atoms with van der Waals surface area (Å²) < 4.78 is 5.39. The van der Waals surface area contributed by atoms with Crippen LogP contribution in [0.25, 0.3) is 0 Å². The Morgan fingerprint density at radius 1 is 1.18 bits per heavy atom. The van der Waals surface area contributed by atoms with Crippen LogP contribution in [0.4, 0.5) is 0 Å². The molecule has 17 heavy (non-hydrogen) atoms. The number of hydrogen-bond acceptors (Lipinski definition) is 2. The van der Waals surface area contributed by atoms with Crippen molar-refractivity contribution in [2.75, 3.05) is 19.8 Å². The molecular formula is C15H23NO. The van der Waals surface area contributed by atoms with Crippen LogP contribution in [-0.2, 0) is 4.74 Å². The summed E-state index contributed by atoms with van der Waals surface area (Å²) in [6.45, 7) is 2.65. The molecule has 0 amide bonds. The standard InChI is InChI=1S/C15H23NO/c16-12-15(14-4-2-1-3-5-14)7-6-13-8-10-17-11-9-13/h1-5,13,15H,6-12,16H2. The van der Waals surface area contributed by atoms with Crippen molar-refractivity contribution in [1.29, 1.82) is 0 Å². The van der Waals surface area contributed by atoms with E-state index in [1.165, 1.54) is 31.2 Å². The van der Waals surface area contributed by atoms with Crippen LogP contribution in [0.3, 0.4) is 0 Å². The molecule has 1 saturated heterocycles. The Morgan fingerprint density at radius 3 is 2.53 bits per heavy atom. The molecule has 2 nitrogen and oxygen atoms in total. The second-order valence-electron chi connectivity index (χ2n) is 4.98. The molecule has 0 bridgehead atoms. The molecule has 94 valence electrons. The zero-order valence-electron chi connectivity index (χ0n) is 10.5. The van der Waals surface area contributed by atoms with Gasteiger partial charge < -0.3 is 10.5 Å². The third kappa shape index (κ3) is 3.83. The number of hydrogen-bond donors (Lipinski definition) is 1. The lowest BCUT2D eigenvalue weighted by molar-refractivity contribution is 0.0628. The molecule has 2 heteroatoms. The first kappa shape index (κ1) is 12.6. The average molecular weight is 233 g/mol. The summed E-state index contributed by atoms with van der Waals surface area (Å²) in [6, 6.07) is 10.7. The molecule has 1 heterocycles. The van der Waals surface area contributed by atoms with E-state index in [0.717, 1.165) is 25.7 Å². The lowest BCUT2D eigenvalue weighted by Gasteiger charge is -2.24. The fraction of sp³-hybridized carbons (Fsp3) is 0.600. The zero-order valence-corrected chi connectivity index (χ0v) is 10.5. The van der Waals surface area contributed by atoms with Crippen LogP contribution in [0, 0.1) is 5.92 Å². The highest BCUT2D eigenvalue weighted by Crippen LogP contribution is 2.26. The average Bonchev–Trinajstić information content (AvgIpc) is 2.42. The van der Waals surface area contributed by atoms with E-state index in [-0.39, 0.29) is 0 Å². The predicted octanol–water partition coefficient (Wildman–Crippen LogP) is 2.94. The minimum Gasteiger partial charge on any atom is -0.381 e. The van der Waals surface area contributed by atoms with Gasteiger partial charge in [0.15, 0.2) is 0 Å². The van der Waals surface area contributed by atoms with E-state index in [9.17, 15) is 0 Å². The first-order valence-electron chi connectivity index (χ1n) is 6.73. The van der Waals surface area contributed by atoms with Crippen molar-refractivity contribution < 1.29 is 4.74 Å². The minimum atomic E-state index is 0.527. The molecule has 0 saturated carbocycles. The van der Waals surface area contributed by atoms with Gasteiger partial charge >= 0.3 is 0 Å². The summed E-state index contributed by atoms with van der Waals surface area (Å²) in [6.07, 6.45) is 4.96. The molecule has 1 fully saturated rings. The van der Waals surface area contributed by atoms with Crippen LogP contribution in [0.2, 0.25) is 0 Å². The highest BCUT2D eigenvalue weighted by Gasteiger charge is 2.16. The van der Waals surface area contributed by atoms with E-state index in [4.69, 9.17) is 10.5 Å². The van der Waals surface area contributed by atoms with Gasteiger partial charge in [-0.05, 0) is 49.6 Å². The molecule has 0 spiro atoms. The molecule has 1 aromatic rings. The normalized spacial score (nSPS) is 19.1. The van der Waals surface area contributed by atoms with Crippen molar-refractivity contribution in [2.45, 2.75) is 31.6 Å². The predicted molar refractivity (Wildman–Crippen MR) is 71.0 cm³/mol. The van der Waals surface area contributed by atoms with Gasteiger partial charge in [-0.2, -0.15) is 0 Å². The Morgan fingerprint density at radius 2 is 1.88 bits per heavy atom. The molecule has 1 aromatic carbocycles. The molecule has 0 radical (unpaired) electrons. The maximum absolute atomic E-state index is 5.90. The fourth-order valence-electron chi connectivity index (χ4n) is 2.62. The zero-order chi connectivity index (χ0) is 11.9. The Hall–Kier alpha value is -0.860. The lowest BCUT2D eigenvalue weighted by Crippen LogP contribution is -2.18. The number of benzene rings is 1. The molecule has 2 rings (SSSR count). The quantitative estimate of drug-likeness (QED) is 0.848. The maximum atomic E-state index is 5.90. The van der Waals surface area contributed by atoms with Crippen LogP contribution in [0.15, 0.2) is 30.3 Å². The van der Waals surface area contributed by atoms with Crippen LogP contribution in [-0.4, -0.2) is 19.8 Å². The largest absolute Gasteiger partial charge is 0.381 e. The third-order valence-electron chi connectivity index (χ3n) is 3.82. The summed E-state index contributed by atoms with van der Waals surface area (Å²) in [5, 5.41) is 0. The van der Waals surface area contributed by atoms with Crippen molar-refractivity contribution >= 4 is 0 Å². The smallest absolute Gasteiger partial charge is 0.0468 e. The highest BCUT2D eigenvalue weighted by atomic mass is 16.5. The second kappa shape index (κ2) is 6.77. The van der Waals surface area contributed by atoms with E-state index < -0.39 is 0 Å². The molecule has 2 N–H and O–H groups in total. The van der Waals surface area contributed by atoms with Gasteiger partial charge in [-0.15, -0.1) is 0 Å². The summed E-state index contributed by atoms with van der Waals surface area (Å²) in [5.41, 5.74) is 7.29. The van der Waals surface area contributed by atoms with E-state index in [1.54, 1.807) is 0 Å². The Balaban J connectivity index is 1.83. The van der Waals surface area contributed by atoms with E-state index in [0.29, 0.717) is 5.92 Å².